The van der Waals surface area contributed by atoms with Gasteiger partial charge >= 0.3 is 0 Å². The van der Waals surface area contributed by atoms with E-state index >= 15 is 0 Å². The van der Waals surface area contributed by atoms with Crippen molar-refractivity contribution in [2.75, 3.05) is 13.1 Å². The van der Waals surface area contributed by atoms with Gasteiger partial charge in [0.1, 0.15) is 0 Å². The highest BCUT2D eigenvalue weighted by Crippen LogP contribution is 2.17. The highest BCUT2D eigenvalue weighted by molar-refractivity contribution is 5.97. The lowest BCUT2D eigenvalue weighted by atomic mass is 10.2. The summed E-state index contributed by atoms with van der Waals surface area (Å²) in [6.45, 7) is 3.66. The third-order valence-electron chi connectivity index (χ3n) is 3.24. The number of hydrogen-bond acceptors (Lipinski definition) is 3. The minimum absolute atomic E-state index is 0.0810. The number of fused-ring (bicyclic) bond motifs is 1. The van der Waals surface area contributed by atoms with Crippen LogP contribution < -0.4 is 0 Å². The number of hydrogen-bond donors (Lipinski definition) is 1. The lowest BCUT2D eigenvalue weighted by Gasteiger charge is -2.14. The molecule has 88 valence electrons. The van der Waals surface area contributed by atoms with Crippen molar-refractivity contribution in [3.63, 3.8) is 0 Å². The number of carbonyl (C=O) groups is 1. The topological polar surface area (TPSA) is 61.9 Å². The van der Waals surface area contributed by atoms with Crippen LogP contribution in [0.3, 0.4) is 0 Å². The Labute approximate surface area is 98.8 Å². The molecule has 0 unspecified atom stereocenters. The summed E-state index contributed by atoms with van der Waals surface area (Å²) in [7, 11) is 0. The van der Waals surface area contributed by atoms with Gasteiger partial charge < -0.3 is 4.90 Å². The lowest BCUT2D eigenvalue weighted by molar-refractivity contribution is 0.0792. The van der Waals surface area contributed by atoms with Gasteiger partial charge in [0.15, 0.2) is 5.65 Å². The van der Waals surface area contributed by atoms with Crippen LogP contribution in [0.4, 0.5) is 0 Å². The van der Waals surface area contributed by atoms with Crippen LogP contribution in [-0.2, 0) is 0 Å². The molecular weight excluding hydrogens is 216 g/mol. The quantitative estimate of drug-likeness (QED) is 0.807. The fourth-order valence-corrected chi connectivity index (χ4v) is 2.24. The number of H-pyrrole nitrogens is 1. The van der Waals surface area contributed by atoms with Gasteiger partial charge in [-0.15, -0.1) is 0 Å². The molecule has 3 heterocycles. The van der Waals surface area contributed by atoms with E-state index in [1.165, 1.54) is 0 Å². The second-order valence-electron chi connectivity index (χ2n) is 4.44. The highest BCUT2D eigenvalue weighted by Gasteiger charge is 2.20. The smallest absolute Gasteiger partial charge is 0.255 e. The maximum absolute atomic E-state index is 12.2. The Balaban J connectivity index is 1.99. The fourth-order valence-electron chi connectivity index (χ4n) is 2.24. The Bertz CT molecular complexity index is 569. The van der Waals surface area contributed by atoms with Gasteiger partial charge in [-0.25, -0.2) is 4.98 Å². The summed E-state index contributed by atoms with van der Waals surface area (Å²) in [4.78, 5) is 18.3. The molecule has 0 bridgehead atoms. The van der Waals surface area contributed by atoms with Crippen molar-refractivity contribution in [3.8, 4) is 0 Å². The Kier molecular flexibility index (Phi) is 2.31. The predicted octanol–water partition coefficient (Wildman–Crippen LogP) is 1.50. The summed E-state index contributed by atoms with van der Waals surface area (Å²) in [5, 5.41) is 7.86. The van der Waals surface area contributed by atoms with Crippen molar-refractivity contribution in [2.45, 2.75) is 19.8 Å². The molecule has 2 aromatic heterocycles. The molecule has 1 saturated heterocycles. The summed E-state index contributed by atoms with van der Waals surface area (Å²) in [6.07, 6.45) is 3.82. The average Bonchev–Trinajstić information content (AvgIpc) is 2.98. The first-order chi connectivity index (χ1) is 8.25. The van der Waals surface area contributed by atoms with E-state index < -0.39 is 0 Å². The summed E-state index contributed by atoms with van der Waals surface area (Å²) < 4.78 is 0. The van der Waals surface area contributed by atoms with Crippen molar-refractivity contribution in [1.82, 2.24) is 20.1 Å². The van der Waals surface area contributed by atoms with E-state index in [2.05, 4.69) is 15.2 Å². The zero-order chi connectivity index (χ0) is 11.8. The molecule has 5 heteroatoms. The summed E-state index contributed by atoms with van der Waals surface area (Å²) in [5.74, 6) is 0.0810. The van der Waals surface area contributed by atoms with E-state index in [-0.39, 0.29) is 5.91 Å². The first kappa shape index (κ1) is 10.3. The minimum Gasteiger partial charge on any atom is -0.339 e. The van der Waals surface area contributed by atoms with E-state index in [1.54, 1.807) is 6.20 Å². The first-order valence-electron chi connectivity index (χ1n) is 5.86. The third-order valence-corrected chi connectivity index (χ3v) is 3.24. The number of carbonyl (C=O) groups excluding carboxylic acids is 1. The molecule has 0 aliphatic carbocycles. The van der Waals surface area contributed by atoms with Crippen LogP contribution in [0, 0.1) is 6.92 Å². The van der Waals surface area contributed by atoms with E-state index in [0.29, 0.717) is 11.2 Å². The Morgan fingerprint density at radius 2 is 2.18 bits per heavy atom. The molecule has 0 aromatic carbocycles. The van der Waals surface area contributed by atoms with Crippen LogP contribution in [0.15, 0.2) is 12.3 Å². The summed E-state index contributed by atoms with van der Waals surface area (Å²) >= 11 is 0. The Morgan fingerprint density at radius 1 is 1.41 bits per heavy atom. The van der Waals surface area contributed by atoms with Crippen LogP contribution in [0.2, 0.25) is 0 Å². The number of nitrogens with zero attached hydrogens (tertiary/aromatic N) is 3. The van der Waals surface area contributed by atoms with E-state index in [4.69, 9.17) is 0 Å². The highest BCUT2D eigenvalue weighted by atomic mass is 16.2. The van der Waals surface area contributed by atoms with Crippen LogP contribution in [0.5, 0.6) is 0 Å². The number of aromatic amines is 1. The molecule has 0 saturated carbocycles. The molecular formula is C12H14N4O. The second kappa shape index (κ2) is 3.84. The SMILES string of the molecule is Cc1[nH]nc2ncc(C(=O)N3CCCC3)cc12. The predicted molar refractivity (Wildman–Crippen MR) is 63.8 cm³/mol. The standard InChI is InChI=1S/C12H14N4O/c1-8-10-6-9(7-13-11(10)15-14-8)12(17)16-4-2-3-5-16/h6-7H,2-5H2,1H3,(H,13,14,15). The van der Waals surface area contributed by atoms with Gasteiger partial charge in [0.2, 0.25) is 0 Å². The Hall–Kier alpha value is -1.91. The Morgan fingerprint density at radius 3 is 2.94 bits per heavy atom. The zero-order valence-electron chi connectivity index (χ0n) is 9.73. The van der Waals surface area contributed by atoms with E-state index in [0.717, 1.165) is 37.0 Å². The molecule has 0 spiro atoms. The number of rotatable bonds is 1. The molecule has 2 aromatic rings. The van der Waals surface area contributed by atoms with Crippen LogP contribution in [0.1, 0.15) is 28.9 Å². The van der Waals surface area contributed by atoms with Gasteiger partial charge in [-0.05, 0) is 25.8 Å². The molecule has 5 nitrogen and oxygen atoms in total. The molecule has 17 heavy (non-hydrogen) atoms. The molecule has 1 aliphatic rings. The van der Waals surface area contributed by atoms with Gasteiger partial charge in [-0.2, -0.15) is 5.10 Å². The third kappa shape index (κ3) is 1.67. The molecule has 0 atom stereocenters. The molecule has 1 amide bonds. The van der Waals surface area contributed by atoms with Crippen LogP contribution in [-0.4, -0.2) is 39.1 Å². The molecule has 1 N–H and O–H groups in total. The monoisotopic (exact) mass is 230 g/mol. The summed E-state index contributed by atoms with van der Waals surface area (Å²) in [5.41, 5.74) is 2.27. The van der Waals surface area contributed by atoms with Crippen molar-refractivity contribution in [2.24, 2.45) is 0 Å². The van der Waals surface area contributed by atoms with E-state index in [1.807, 2.05) is 17.9 Å². The van der Waals surface area contributed by atoms with Gasteiger partial charge in [-0.1, -0.05) is 0 Å². The fraction of sp³-hybridized carbons (Fsp3) is 0.417. The maximum atomic E-state index is 12.2. The molecule has 0 radical (unpaired) electrons. The van der Waals surface area contributed by atoms with Gasteiger partial charge in [0, 0.05) is 30.4 Å². The zero-order valence-corrected chi connectivity index (χ0v) is 9.73. The van der Waals surface area contributed by atoms with Gasteiger partial charge in [0.05, 0.1) is 5.56 Å². The maximum Gasteiger partial charge on any atom is 0.255 e. The molecule has 1 fully saturated rings. The number of aromatic nitrogens is 3. The van der Waals surface area contributed by atoms with Gasteiger partial charge in [-0.3, -0.25) is 9.89 Å². The van der Waals surface area contributed by atoms with Crippen molar-refractivity contribution in [3.05, 3.63) is 23.5 Å². The van der Waals surface area contributed by atoms with Crippen LogP contribution in [0.25, 0.3) is 11.0 Å². The summed E-state index contributed by atoms with van der Waals surface area (Å²) in [6, 6.07) is 1.88. The first-order valence-corrected chi connectivity index (χ1v) is 5.86. The van der Waals surface area contributed by atoms with Gasteiger partial charge in [0.25, 0.3) is 5.91 Å². The average molecular weight is 230 g/mol. The van der Waals surface area contributed by atoms with Crippen molar-refractivity contribution in [1.29, 1.82) is 0 Å². The second-order valence-corrected chi connectivity index (χ2v) is 4.44. The van der Waals surface area contributed by atoms with Crippen LogP contribution >= 0.6 is 0 Å². The number of nitrogens with one attached hydrogen (secondary N) is 1. The molecule has 1 aliphatic heterocycles. The number of likely N-dealkylation sites (tertiary alicyclic amines) is 1. The lowest BCUT2D eigenvalue weighted by Crippen LogP contribution is -2.27. The largest absolute Gasteiger partial charge is 0.339 e. The van der Waals surface area contributed by atoms with E-state index in [9.17, 15) is 4.79 Å². The normalized spacial score (nSPS) is 15.7. The van der Waals surface area contributed by atoms with Crippen molar-refractivity contribution < 1.29 is 4.79 Å². The minimum atomic E-state index is 0.0810. The van der Waals surface area contributed by atoms with Crippen molar-refractivity contribution >= 4 is 16.9 Å². The number of aryl methyl sites for hydroxylation is 1. The number of amides is 1. The number of pyridine rings is 1. The molecule has 3 rings (SSSR count).